The Morgan fingerprint density at radius 3 is 2.88 bits per heavy atom. The highest BCUT2D eigenvalue weighted by molar-refractivity contribution is 5.98. The molecule has 1 amide bonds. The van der Waals surface area contributed by atoms with Crippen LogP contribution in [0.1, 0.15) is 21.8 Å². The van der Waals surface area contributed by atoms with Crippen LogP contribution in [-0.4, -0.2) is 47.6 Å². The average molecular weight is 335 g/mol. The fraction of sp³-hybridized carbons (Fsp3) is 0.300. The number of methoxy groups -OCH3 is 1. The van der Waals surface area contributed by atoms with E-state index < -0.39 is 0 Å². The molecule has 0 saturated carbocycles. The van der Waals surface area contributed by atoms with Crippen LogP contribution in [-0.2, 0) is 4.74 Å². The fourth-order valence-corrected chi connectivity index (χ4v) is 3.77. The number of hydrogen-bond donors (Lipinski definition) is 1. The van der Waals surface area contributed by atoms with E-state index in [1.54, 1.807) is 7.11 Å². The summed E-state index contributed by atoms with van der Waals surface area (Å²) in [6.45, 7) is 2.06. The Labute approximate surface area is 146 Å². The molecule has 5 nitrogen and oxygen atoms in total. The van der Waals surface area contributed by atoms with E-state index in [4.69, 9.17) is 4.74 Å². The smallest absolute Gasteiger partial charge is 0.253 e. The number of ether oxygens (including phenoxy) is 1. The molecule has 4 rings (SSSR count). The third-order valence-electron chi connectivity index (χ3n) is 5.05. The number of rotatable bonds is 4. The minimum Gasteiger partial charge on any atom is -0.384 e. The zero-order valence-corrected chi connectivity index (χ0v) is 14.2. The molecule has 0 radical (unpaired) electrons. The number of benzene rings is 1. The van der Waals surface area contributed by atoms with E-state index in [9.17, 15) is 4.79 Å². The van der Waals surface area contributed by atoms with Crippen molar-refractivity contribution in [3.05, 3.63) is 66.1 Å². The normalized spacial score (nSPS) is 20.3. The summed E-state index contributed by atoms with van der Waals surface area (Å²) in [7, 11) is 1.72. The highest BCUT2D eigenvalue weighted by atomic mass is 16.5. The monoisotopic (exact) mass is 335 g/mol. The number of aromatic nitrogens is 2. The Kier molecular flexibility index (Phi) is 4.24. The van der Waals surface area contributed by atoms with Crippen molar-refractivity contribution >= 4 is 16.8 Å². The molecule has 1 saturated heterocycles. The first-order valence-corrected chi connectivity index (χ1v) is 8.51. The first kappa shape index (κ1) is 15.8. The lowest BCUT2D eigenvalue weighted by molar-refractivity contribution is 0.0775. The van der Waals surface area contributed by atoms with Crippen LogP contribution in [0.2, 0.25) is 0 Å². The second-order valence-corrected chi connectivity index (χ2v) is 6.59. The molecule has 1 aliphatic rings. The number of carbonyl (C=O) groups excluding carboxylic acids is 1. The number of pyridine rings is 1. The standard InChI is InChI=1S/C20H21N3O2/c1-25-13-17-11-23(12-18(17)14-4-7-21-8-5-14)20(24)16-3-2-15-6-9-22-19(15)10-16/h2-10,17-18,22H,11-13H2,1H3/t17-,18-/m0/s1. The Morgan fingerprint density at radius 1 is 1.24 bits per heavy atom. The number of fused-ring (bicyclic) bond motifs is 1. The molecule has 1 aliphatic heterocycles. The highest BCUT2D eigenvalue weighted by Crippen LogP contribution is 2.33. The van der Waals surface area contributed by atoms with Crippen LogP contribution in [0.5, 0.6) is 0 Å². The van der Waals surface area contributed by atoms with Crippen molar-refractivity contribution in [3.8, 4) is 0 Å². The van der Waals surface area contributed by atoms with Gasteiger partial charge in [0.2, 0.25) is 0 Å². The summed E-state index contributed by atoms with van der Waals surface area (Å²) in [5.41, 5.74) is 2.93. The van der Waals surface area contributed by atoms with Gasteiger partial charge in [0.15, 0.2) is 0 Å². The van der Waals surface area contributed by atoms with Crippen molar-refractivity contribution < 1.29 is 9.53 Å². The summed E-state index contributed by atoms with van der Waals surface area (Å²) in [4.78, 5) is 22.2. The van der Waals surface area contributed by atoms with Crippen molar-refractivity contribution in [2.24, 2.45) is 5.92 Å². The zero-order valence-electron chi connectivity index (χ0n) is 14.2. The lowest BCUT2D eigenvalue weighted by Crippen LogP contribution is -2.29. The van der Waals surface area contributed by atoms with Gasteiger partial charge >= 0.3 is 0 Å². The first-order valence-electron chi connectivity index (χ1n) is 8.51. The Bertz CT molecular complexity index is 875. The fourth-order valence-electron chi connectivity index (χ4n) is 3.77. The molecule has 3 aromatic rings. The molecule has 5 heteroatoms. The van der Waals surface area contributed by atoms with Crippen LogP contribution < -0.4 is 0 Å². The Morgan fingerprint density at radius 2 is 2.08 bits per heavy atom. The quantitative estimate of drug-likeness (QED) is 0.797. The number of nitrogens with zero attached hydrogens (tertiary/aromatic N) is 2. The number of nitrogens with one attached hydrogen (secondary N) is 1. The van der Waals surface area contributed by atoms with Crippen LogP contribution in [0.4, 0.5) is 0 Å². The van der Waals surface area contributed by atoms with Gasteiger partial charge in [-0.2, -0.15) is 0 Å². The predicted molar refractivity (Wildman–Crippen MR) is 96.5 cm³/mol. The average Bonchev–Trinajstić information content (AvgIpc) is 3.28. The molecule has 1 aromatic carbocycles. The molecule has 2 atom stereocenters. The van der Waals surface area contributed by atoms with Gasteiger partial charge in [0, 0.05) is 61.7 Å². The topological polar surface area (TPSA) is 58.2 Å². The highest BCUT2D eigenvalue weighted by Gasteiger charge is 2.36. The van der Waals surface area contributed by atoms with Crippen molar-refractivity contribution in [2.45, 2.75) is 5.92 Å². The van der Waals surface area contributed by atoms with Gasteiger partial charge in [-0.3, -0.25) is 9.78 Å². The van der Waals surface area contributed by atoms with Crippen molar-refractivity contribution in [3.63, 3.8) is 0 Å². The van der Waals surface area contributed by atoms with Gasteiger partial charge < -0.3 is 14.6 Å². The van der Waals surface area contributed by atoms with E-state index >= 15 is 0 Å². The number of H-pyrrole nitrogens is 1. The Balaban J connectivity index is 1.58. The molecule has 2 aromatic heterocycles. The third kappa shape index (κ3) is 3.03. The number of carbonyl (C=O) groups is 1. The van der Waals surface area contributed by atoms with E-state index in [1.165, 1.54) is 5.56 Å². The summed E-state index contributed by atoms with van der Waals surface area (Å²) in [6.07, 6.45) is 5.51. The van der Waals surface area contributed by atoms with Gasteiger partial charge in [0.25, 0.3) is 5.91 Å². The summed E-state index contributed by atoms with van der Waals surface area (Å²) >= 11 is 0. The molecule has 0 unspecified atom stereocenters. The molecule has 3 heterocycles. The minimum absolute atomic E-state index is 0.0779. The lowest BCUT2D eigenvalue weighted by Gasteiger charge is -2.17. The maximum atomic E-state index is 13.0. The second-order valence-electron chi connectivity index (χ2n) is 6.59. The molecule has 0 aliphatic carbocycles. The van der Waals surface area contributed by atoms with Crippen LogP contribution in [0.15, 0.2) is 55.0 Å². The summed E-state index contributed by atoms with van der Waals surface area (Å²) in [6, 6.07) is 11.9. The van der Waals surface area contributed by atoms with E-state index in [2.05, 4.69) is 9.97 Å². The summed E-state index contributed by atoms with van der Waals surface area (Å²) < 4.78 is 5.40. The Hall–Kier alpha value is -2.66. The molecule has 1 N–H and O–H groups in total. The van der Waals surface area contributed by atoms with Crippen LogP contribution in [0.25, 0.3) is 10.9 Å². The number of amides is 1. The van der Waals surface area contributed by atoms with Crippen LogP contribution in [0, 0.1) is 5.92 Å². The number of likely N-dealkylation sites (tertiary alicyclic amines) is 1. The summed E-state index contributed by atoms with van der Waals surface area (Å²) in [5, 5.41) is 1.12. The number of hydrogen-bond acceptors (Lipinski definition) is 3. The number of aromatic amines is 1. The molecule has 128 valence electrons. The van der Waals surface area contributed by atoms with Crippen molar-refractivity contribution in [2.75, 3.05) is 26.8 Å². The maximum absolute atomic E-state index is 13.0. The lowest BCUT2D eigenvalue weighted by atomic mass is 9.90. The van der Waals surface area contributed by atoms with E-state index in [0.717, 1.165) is 16.5 Å². The van der Waals surface area contributed by atoms with Gasteiger partial charge in [-0.1, -0.05) is 6.07 Å². The van der Waals surface area contributed by atoms with Gasteiger partial charge in [-0.15, -0.1) is 0 Å². The summed E-state index contributed by atoms with van der Waals surface area (Å²) in [5.74, 6) is 0.654. The third-order valence-corrected chi connectivity index (χ3v) is 5.05. The van der Waals surface area contributed by atoms with Gasteiger partial charge in [0.1, 0.15) is 0 Å². The van der Waals surface area contributed by atoms with Crippen LogP contribution in [0.3, 0.4) is 0 Å². The molecular formula is C20H21N3O2. The zero-order chi connectivity index (χ0) is 17.2. The minimum atomic E-state index is 0.0779. The maximum Gasteiger partial charge on any atom is 0.253 e. The van der Waals surface area contributed by atoms with Crippen molar-refractivity contribution in [1.29, 1.82) is 0 Å². The van der Waals surface area contributed by atoms with Gasteiger partial charge in [-0.25, -0.2) is 0 Å². The molecule has 25 heavy (non-hydrogen) atoms. The van der Waals surface area contributed by atoms with Gasteiger partial charge in [0.05, 0.1) is 6.61 Å². The SMILES string of the molecule is COC[C@@H]1CN(C(=O)c2ccc3cc[nH]c3c2)C[C@H]1c1ccncc1. The van der Waals surface area contributed by atoms with Gasteiger partial charge in [-0.05, 0) is 41.3 Å². The second kappa shape index (κ2) is 6.69. The van der Waals surface area contributed by atoms with Crippen LogP contribution >= 0.6 is 0 Å². The molecule has 1 fully saturated rings. The molecule has 0 spiro atoms. The van der Waals surface area contributed by atoms with E-state index in [1.807, 2.05) is 59.9 Å². The first-order chi connectivity index (χ1) is 12.3. The van der Waals surface area contributed by atoms with E-state index in [0.29, 0.717) is 25.6 Å². The van der Waals surface area contributed by atoms with Crippen molar-refractivity contribution in [1.82, 2.24) is 14.9 Å². The molecular weight excluding hydrogens is 314 g/mol. The predicted octanol–water partition coefficient (Wildman–Crippen LogP) is 3.07. The molecule has 0 bridgehead atoms. The van der Waals surface area contributed by atoms with E-state index in [-0.39, 0.29) is 11.8 Å². The largest absolute Gasteiger partial charge is 0.384 e.